The first-order valence-corrected chi connectivity index (χ1v) is 18.7. The molecule has 8 rings (SSSR count). The normalized spacial score (nSPS) is 23.2. The van der Waals surface area contributed by atoms with Crippen LogP contribution < -0.4 is 20.4 Å². The number of aliphatic hydroxyl groups is 2. The third kappa shape index (κ3) is 6.54. The predicted octanol–water partition coefficient (Wildman–Crippen LogP) is 2.18. The maximum Gasteiger partial charge on any atom is 0.227 e. The molecule has 0 bridgehead atoms. The Morgan fingerprint density at radius 2 is 1.30 bits per heavy atom. The second-order valence-corrected chi connectivity index (χ2v) is 16.1. The Labute approximate surface area is 281 Å². The van der Waals surface area contributed by atoms with Crippen LogP contribution in [-0.4, -0.2) is 106 Å². The molecule has 0 spiro atoms. The molecule has 17 heteroatoms. The van der Waals surface area contributed by atoms with Gasteiger partial charge < -0.3 is 30.6 Å². The number of rotatable bonds is 8. The first-order valence-electron chi connectivity index (χ1n) is 15.3. The number of nitrogens with zero attached hydrogens (tertiary/aromatic N) is 7. The molecule has 2 atom stereocenters. The van der Waals surface area contributed by atoms with Crippen LogP contribution in [0.15, 0.2) is 28.1 Å². The summed E-state index contributed by atoms with van der Waals surface area (Å²) in [4.78, 5) is 27.9. The van der Waals surface area contributed by atoms with Crippen molar-refractivity contribution in [1.82, 2.24) is 24.9 Å². The lowest BCUT2D eigenvalue weighted by molar-refractivity contribution is 0.265. The van der Waals surface area contributed by atoms with Crippen molar-refractivity contribution in [1.29, 1.82) is 0 Å². The van der Waals surface area contributed by atoms with Crippen LogP contribution in [0.1, 0.15) is 37.1 Å². The Morgan fingerprint density at radius 3 is 1.83 bits per heavy atom. The molecule has 2 aliphatic carbocycles. The van der Waals surface area contributed by atoms with E-state index in [9.17, 15) is 18.6 Å². The smallest absolute Gasteiger partial charge is 0.227 e. The van der Waals surface area contributed by atoms with Gasteiger partial charge in [-0.15, -0.1) is 0 Å². The van der Waals surface area contributed by atoms with E-state index in [-0.39, 0.29) is 29.6 Å². The Hall–Kier alpha value is -2.69. The second kappa shape index (κ2) is 12.7. The van der Waals surface area contributed by atoms with Gasteiger partial charge in [-0.05, 0) is 49.4 Å². The number of pyridine rings is 1. The molecule has 246 valence electrons. The third-order valence-corrected chi connectivity index (χ3v) is 12.3. The van der Waals surface area contributed by atoms with Crippen LogP contribution in [0.4, 0.5) is 23.4 Å². The van der Waals surface area contributed by atoms with Gasteiger partial charge in [0.2, 0.25) is 11.2 Å². The van der Waals surface area contributed by atoms with Gasteiger partial charge in [-0.2, -0.15) is 9.97 Å². The first kappa shape index (κ1) is 31.9. The molecule has 0 aromatic carbocycles. The molecule has 0 radical (unpaired) electrons. The van der Waals surface area contributed by atoms with Crippen molar-refractivity contribution in [2.75, 3.05) is 71.3 Å². The highest BCUT2D eigenvalue weighted by Crippen LogP contribution is 2.42. The predicted molar refractivity (Wildman–Crippen MR) is 178 cm³/mol. The number of aromatic nitrogens is 5. The Balaban J connectivity index is 0.000000169. The van der Waals surface area contributed by atoms with E-state index >= 15 is 0 Å². The largest absolute Gasteiger partial charge is 0.394 e. The number of piperazine rings is 1. The zero-order chi connectivity index (χ0) is 32.1. The van der Waals surface area contributed by atoms with E-state index in [4.69, 9.17) is 33.2 Å². The summed E-state index contributed by atoms with van der Waals surface area (Å²) in [5.41, 5.74) is 1.02. The van der Waals surface area contributed by atoms with Gasteiger partial charge in [0, 0.05) is 56.7 Å². The fourth-order valence-electron chi connectivity index (χ4n) is 5.80. The van der Waals surface area contributed by atoms with Crippen LogP contribution in [-0.2, 0) is 34.4 Å². The summed E-state index contributed by atoms with van der Waals surface area (Å²) in [6.07, 6.45) is 6.63. The first-order chi connectivity index (χ1) is 22.2. The van der Waals surface area contributed by atoms with Gasteiger partial charge in [0.15, 0.2) is 0 Å². The zero-order valence-electron chi connectivity index (χ0n) is 25.0. The van der Waals surface area contributed by atoms with Gasteiger partial charge in [0.05, 0.1) is 62.3 Å². The summed E-state index contributed by atoms with van der Waals surface area (Å²) < 4.78 is 24.4. The molecular weight excluding hydrogens is 673 g/mol. The minimum Gasteiger partial charge on any atom is -0.394 e. The number of nitrogens with one attached hydrogen (secondary N) is 2. The Kier molecular flexibility index (Phi) is 8.82. The highest BCUT2D eigenvalue weighted by atomic mass is 35.5. The molecule has 2 unspecified atom stereocenters. The number of halogens is 2. The fourth-order valence-corrected chi connectivity index (χ4v) is 8.71. The summed E-state index contributed by atoms with van der Waals surface area (Å²) in [6.45, 7) is 3.28. The van der Waals surface area contributed by atoms with Crippen molar-refractivity contribution < 1.29 is 18.6 Å². The van der Waals surface area contributed by atoms with Gasteiger partial charge in [0.1, 0.15) is 27.2 Å². The lowest BCUT2D eigenvalue weighted by Crippen LogP contribution is -2.47. The summed E-state index contributed by atoms with van der Waals surface area (Å²) in [7, 11) is -2.13. The number of hydrogen-bond donors (Lipinski definition) is 4. The summed E-state index contributed by atoms with van der Waals surface area (Å²) in [5.74, 6) is 3.91. The lowest BCUT2D eigenvalue weighted by atomic mass is 10.2. The molecule has 6 heterocycles. The molecule has 4 N–H and O–H groups in total. The van der Waals surface area contributed by atoms with Crippen LogP contribution in [0.2, 0.25) is 10.3 Å². The van der Waals surface area contributed by atoms with Crippen LogP contribution in [0, 0.1) is 0 Å². The maximum absolute atomic E-state index is 12.5. The average Bonchev–Trinajstić information content (AvgIpc) is 3.95. The van der Waals surface area contributed by atoms with Gasteiger partial charge in [0.25, 0.3) is 0 Å². The fraction of sp³-hybridized carbons (Fsp3) is 0.552. The molecule has 0 amide bonds. The summed E-state index contributed by atoms with van der Waals surface area (Å²) >= 11 is 11.8. The van der Waals surface area contributed by atoms with Crippen molar-refractivity contribution in [3.63, 3.8) is 0 Å². The Morgan fingerprint density at radius 1 is 0.761 bits per heavy atom. The molecule has 3 aromatic rings. The number of hydrogen-bond acceptors (Lipinski definition) is 13. The van der Waals surface area contributed by atoms with E-state index in [1.807, 2.05) is 12.1 Å². The van der Waals surface area contributed by atoms with Crippen LogP contribution in [0.25, 0.3) is 0 Å². The quantitative estimate of drug-likeness (QED) is 0.252. The molecular formula is C29H35Cl2N9O4S2. The van der Waals surface area contributed by atoms with Gasteiger partial charge in [-0.1, -0.05) is 11.6 Å². The van der Waals surface area contributed by atoms with Crippen molar-refractivity contribution in [2.45, 2.75) is 59.4 Å². The van der Waals surface area contributed by atoms with E-state index in [0.29, 0.717) is 51.8 Å². The Bertz CT molecular complexity index is 1680. The maximum atomic E-state index is 12.5. The molecule has 3 aliphatic heterocycles. The van der Waals surface area contributed by atoms with Gasteiger partial charge >= 0.3 is 0 Å². The highest BCUT2D eigenvalue weighted by Gasteiger charge is 2.45. The van der Waals surface area contributed by atoms with Crippen LogP contribution >= 0.6 is 23.2 Å². The number of aliphatic hydroxyl groups excluding tert-OH is 2. The number of fused-ring (bicyclic) bond motifs is 2. The molecule has 46 heavy (non-hydrogen) atoms. The van der Waals surface area contributed by atoms with Crippen molar-refractivity contribution in [2.24, 2.45) is 0 Å². The van der Waals surface area contributed by atoms with Gasteiger partial charge in [-0.3, -0.25) is 8.42 Å². The van der Waals surface area contributed by atoms with Crippen LogP contribution in [0.5, 0.6) is 0 Å². The van der Waals surface area contributed by atoms with Crippen molar-refractivity contribution in [3.8, 4) is 0 Å². The molecule has 2 saturated carbocycles. The number of anilines is 4. The minimum atomic E-state index is -1.08. The van der Waals surface area contributed by atoms with Crippen molar-refractivity contribution in [3.05, 3.63) is 40.0 Å². The average molecular weight is 709 g/mol. The molecule has 3 fully saturated rings. The van der Waals surface area contributed by atoms with E-state index in [1.165, 1.54) is 0 Å². The number of aryl methyl sites for hydroxylation is 2. The standard InChI is InChI=1S/C19H23ClN6O2S.C10H12ClN3O2S/c20-13-1-2-15(21-11-13)25-6-8-26(9-7-25)18-22-14-3-10-29(28)16(14)17(23-18)24-19(12-27)4-5-19;11-9-12-6-1-4-17(16)7(6)8(13-9)14-10(5-15)2-3-10/h1-2,11,27H,3-10,12H2,(H,22,23,24);15H,1-5H2,(H,12,13,14). The van der Waals surface area contributed by atoms with E-state index in [0.717, 1.165) is 74.0 Å². The zero-order valence-corrected chi connectivity index (χ0v) is 28.2. The monoisotopic (exact) mass is 707 g/mol. The summed E-state index contributed by atoms with van der Waals surface area (Å²) in [6, 6.07) is 3.79. The second-order valence-electron chi connectivity index (χ2n) is 12.3. The van der Waals surface area contributed by atoms with Crippen molar-refractivity contribution >= 4 is 68.2 Å². The van der Waals surface area contributed by atoms with Crippen LogP contribution in [0.3, 0.4) is 0 Å². The minimum absolute atomic E-state index is 0.0516. The molecule has 13 nitrogen and oxygen atoms in total. The van der Waals surface area contributed by atoms with E-state index in [2.05, 4.69) is 35.4 Å². The highest BCUT2D eigenvalue weighted by molar-refractivity contribution is 7.85. The summed E-state index contributed by atoms with van der Waals surface area (Å²) in [5, 5.41) is 26.3. The van der Waals surface area contributed by atoms with E-state index < -0.39 is 21.6 Å². The lowest BCUT2D eigenvalue weighted by Gasteiger charge is -2.35. The third-order valence-electron chi connectivity index (χ3n) is 9.01. The molecule has 3 aromatic heterocycles. The van der Waals surface area contributed by atoms with Gasteiger partial charge in [-0.25, -0.2) is 15.0 Å². The molecule has 1 saturated heterocycles. The SMILES string of the molecule is O=S1CCc2nc(Cl)nc(NC3(CO)CC3)c21.O=S1CCc2nc(N3CCN(c4ccc(Cl)cn4)CC3)nc(NC3(CO)CC3)c21. The van der Waals surface area contributed by atoms with E-state index in [1.54, 1.807) is 6.20 Å². The topological polar surface area (TPSA) is 170 Å². The molecule has 5 aliphatic rings.